The molecule has 6 nitrogen and oxygen atoms in total. The minimum Gasteiger partial charge on any atom is -0.493 e. The fourth-order valence-corrected chi connectivity index (χ4v) is 1.43. The van der Waals surface area contributed by atoms with Crippen molar-refractivity contribution >= 4 is 18.0 Å². The van der Waals surface area contributed by atoms with Crippen molar-refractivity contribution < 1.29 is 19.4 Å². The SMILES string of the molecule is CCOc1cc(N=CN(C)C)c(C(=O)O)cc1OC. The van der Waals surface area contributed by atoms with Crippen LogP contribution in [-0.4, -0.2) is 50.1 Å². The van der Waals surface area contributed by atoms with E-state index in [0.717, 1.165) is 0 Å². The third-order valence-corrected chi connectivity index (χ3v) is 2.24. The van der Waals surface area contributed by atoms with Crippen molar-refractivity contribution in [2.24, 2.45) is 4.99 Å². The Bertz CT molecular complexity index is 484. The minimum atomic E-state index is -1.06. The first-order valence-electron chi connectivity index (χ1n) is 5.78. The summed E-state index contributed by atoms with van der Waals surface area (Å²) in [7, 11) is 5.07. The molecule has 0 unspecified atom stereocenters. The van der Waals surface area contributed by atoms with E-state index in [4.69, 9.17) is 9.47 Å². The van der Waals surface area contributed by atoms with Crippen molar-refractivity contribution in [3.8, 4) is 11.5 Å². The monoisotopic (exact) mass is 266 g/mol. The molecule has 6 heteroatoms. The highest BCUT2D eigenvalue weighted by Crippen LogP contribution is 2.35. The second kappa shape index (κ2) is 6.63. The van der Waals surface area contributed by atoms with E-state index in [-0.39, 0.29) is 5.56 Å². The standard InChI is InChI=1S/C13H18N2O4/c1-5-19-12-7-10(14-8-15(2)3)9(13(16)17)6-11(12)18-4/h6-8H,5H2,1-4H3,(H,16,17). The Morgan fingerprint density at radius 3 is 2.58 bits per heavy atom. The topological polar surface area (TPSA) is 71.4 Å². The second-order valence-electron chi connectivity index (χ2n) is 3.97. The van der Waals surface area contributed by atoms with Crippen LogP contribution in [0.25, 0.3) is 0 Å². The van der Waals surface area contributed by atoms with Gasteiger partial charge < -0.3 is 19.5 Å². The molecule has 0 heterocycles. The van der Waals surface area contributed by atoms with Crippen molar-refractivity contribution in [1.82, 2.24) is 4.90 Å². The predicted molar refractivity (Wildman–Crippen MR) is 73.0 cm³/mol. The lowest BCUT2D eigenvalue weighted by molar-refractivity contribution is 0.0697. The van der Waals surface area contributed by atoms with Gasteiger partial charge in [0.15, 0.2) is 11.5 Å². The molecule has 0 atom stereocenters. The molecule has 19 heavy (non-hydrogen) atoms. The van der Waals surface area contributed by atoms with Gasteiger partial charge in [-0.25, -0.2) is 9.79 Å². The average Bonchev–Trinajstić information content (AvgIpc) is 2.36. The summed E-state index contributed by atoms with van der Waals surface area (Å²) in [5.74, 6) is -0.212. The zero-order chi connectivity index (χ0) is 14.4. The maximum absolute atomic E-state index is 11.2. The van der Waals surface area contributed by atoms with Gasteiger partial charge in [-0.3, -0.25) is 0 Å². The molecule has 104 valence electrons. The maximum Gasteiger partial charge on any atom is 0.338 e. The van der Waals surface area contributed by atoms with E-state index in [0.29, 0.717) is 23.8 Å². The number of methoxy groups -OCH3 is 1. The smallest absolute Gasteiger partial charge is 0.338 e. The third kappa shape index (κ3) is 3.87. The van der Waals surface area contributed by atoms with Gasteiger partial charge in [0.2, 0.25) is 0 Å². The first-order chi connectivity index (χ1) is 8.99. The fraction of sp³-hybridized carbons (Fsp3) is 0.385. The van der Waals surface area contributed by atoms with Crippen molar-refractivity contribution in [2.75, 3.05) is 27.8 Å². The molecule has 0 saturated heterocycles. The largest absolute Gasteiger partial charge is 0.493 e. The number of rotatable bonds is 6. The number of carbonyl (C=O) groups is 1. The summed E-state index contributed by atoms with van der Waals surface area (Å²) >= 11 is 0. The van der Waals surface area contributed by atoms with Crippen molar-refractivity contribution in [3.63, 3.8) is 0 Å². The third-order valence-electron chi connectivity index (χ3n) is 2.24. The Labute approximate surface area is 112 Å². The van der Waals surface area contributed by atoms with Gasteiger partial charge in [0.05, 0.1) is 31.3 Å². The summed E-state index contributed by atoms with van der Waals surface area (Å²) in [5.41, 5.74) is 0.392. The molecular weight excluding hydrogens is 248 g/mol. The first-order valence-corrected chi connectivity index (χ1v) is 5.78. The highest BCUT2D eigenvalue weighted by molar-refractivity contribution is 5.95. The molecule has 1 N–H and O–H groups in total. The second-order valence-corrected chi connectivity index (χ2v) is 3.97. The number of carboxylic acid groups (broad SMARTS) is 1. The summed E-state index contributed by atoms with van der Waals surface area (Å²) in [5, 5.41) is 9.19. The first kappa shape index (κ1) is 14.8. The summed E-state index contributed by atoms with van der Waals surface area (Å²) in [6.07, 6.45) is 1.53. The van der Waals surface area contributed by atoms with Gasteiger partial charge in [-0.2, -0.15) is 0 Å². The molecule has 1 aromatic rings. The molecule has 0 saturated carbocycles. The average molecular weight is 266 g/mol. The highest BCUT2D eigenvalue weighted by Gasteiger charge is 2.15. The number of aromatic carboxylic acids is 1. The molecular formula is C13H18N2O4. The molecule has 0 fully saturated rings. The summed E-state index contributed by atoms with van der Waals surface area (Å²) in [6, 6.07) is 2.97. The quantitative estimate of drug-likeness (QED) is 0.630. The van der Waals surface area contributed by atoms with Crippen molar-refractivity contribution in [2.45, 2.75) is 6.92 Å². The number of carboxylic acids is 1. The van der Waals surface area contributed by atoms with E-state index in [1.54, 1.807) is 25.1 Å². The molecule has 1 aromatic carbocycles. The van der Waals surface area contributed by atoms with Crippen LogP contribution in [0.15, 0.2) is 17.1 Å². The van der Waals surface area contributed by atoms with Crippen LogP contribution in [0.1, 0.15) is 17.3 Å². The number of ether oxygens (including phenoxy) is 2. The molecule has 0 amide bonds. The van der Waals surface area contributed by atoms with Gasteiger partial charge in [-0.15, -0.1) is 0 Å². The van der Waals surface area contributed by atoms with E-state index >= 15 is 0 Å². The Morgan fingerprint density at radius 2 is 2.11 bits per heavy atom. The Hall–Kier alpha value is -2.24. The summed E-state index contributed by atoms with van der Waals surface area (Å²) in [4.78, 5) is 17.1. The molecule has 0 bridgehead atoms. The van der Waals surface area contributed by atoms with Crippen LogP contribution in [0.3, 0.4) is 0 Å². The Balaban J connectivity index is 3.32. The summed E-state index contributed by atoms with van der Waals surface area (Å²) in [6.45, 7) is 2.30. The molecule has 0 radical (unpaired) electrons. The maximum atomic E-state index is 11.2. The van der Waals surface area contributed by atoms with E-state index < -0.39 is 5.97 Å². The van der Waals surface area contributed by atoms with Crippen LogP contribution in [0.5, 0.6) is 11.5 Å². The lowest BCUT2D eigenvalue weighted by atomic mass is 10.1. The number of benzene rings is 1. The van der Waals surface area contributed by atoms with Crippen molar-refractivity contribution in [3.05, 3.63) is 17.7 Å². The normalized spacial score (nSPS) is 10.5. The van der Waals surface area contributed by atoms with Gasteiger partial charge in [0.25, 0.3) is 0 Å². The highest BCUT2D eigenvalue weighted by atomic mass is 16.5. The zero-order valence-electron chi connectivity index (χ0n) is 11.5. The van der Waals surface area contributed by atoms with E-state index in [9.17, 15) is 9.90 Å². The lowest BCUT2D eigenvalue weighted by Gasteiger charge is -2.12. The number of nitrogens with zero attached hydrogens (tertiary/aromatic N) is 2. The van der Waals surface area contributed by atoms with Crippen LogP contribution >= 0.6 is 0 Å². The van der Waals surface area contributed by atoms with Crippen molar-refractivity contribution in [1.29, 1.82) is 0 Å². The van der Waals surface area contributed by atoms with Gasteiger partial charge in [-0.1, -0.05) is 0 Å². The Kier molecular flexibility index (Phi) is 5.17. The van der Waals surface area contributed by atoms with Crippen LogP contribution in [-0.2, 0) is 0 Å². The predicted octanol–water partition coefficient (Wildman–Crippen LogP) is 2.01. The Morgan fingerprint density at radius 1 is 1.42 bits per heavy atom. The van der Waals surface area contributed by atoms with E-state index in [1.165, 1.54) is 19.5 Å². The van der Waals surface area contributed by atoms with Crippen LogP contribution in [0.2, 0.25) is 0 Å². The number of aliphatic imine (C=N–C) groups is 1. The molecule has 0 aliphatic carbocycles. The fourth-order valence-electron chi connectivity index (χ4n) is 1.43. The minimum absolute atomic E-state index is 0.0680. The van der Waals surface area contributed by atoms with Gasteiger partial charge in [0.1, 0.15) is 0 Å². The molecule has 0 aliphatic heterocycles. The van der Waals surface area contributed by atoms with Gasteiger partial charge >= 0.3 is 5.97 Å². The number of hydrogen-bond acceptors (Lipinski definition) is 4. The van der Waals surface area contributed by atoms with Crippen LogP contribution < -0.4 is 9.47 Å². The van der Waals surface area contributed by atoms with Gasteiger partial charge in [0, 0.05) is 26.2 Å². The van der Waals surface area contributed by atoms with E-state index in [2.05, 4.69) is 4.99 Å². The van der Waals surface area contributed by atoms with Crippen LogP contribution in [0.4, 0.5) is 5.69 Å². The zero-order valence-corrected chi connectivity index (χ0v) is 11.5. The molecule has 0 spiro atoms. The molecule has 1 rings (SSSR count). The van der Waals surface area contributed by atoms with Crippen LogP contribution in [0, 0.1) is 0 Å². The van der Waals surface area contributed by atoms with E-state index in [1.807, 2.05) is 6.92 Å². The molecule has 0 aliphatic rings. The number of hydrogen-bond donors (Lipinski definition) is 1. The lowest BCUT2D eigenvalue weighted by Crippen LogP contribution is -2.08. The van der Waals surface area contributed by atoms with Gasteiger partial charge in [-0.05, 0) is 6.92 Å². The molecule has 0 aromatic heterocycles. The summed E-state index contributed by atoms with van der Waals surface area (Å²) < 4.78 is 10.5.